The molecule has 1 N–H and O–H groups in total. The highest BCUT2D eigenvalue weighted by Crippen LogP contribution is 2.30. The van der Waals surface area contributed by atoms with Crippen LogP contribution in [0.1, 0.15) is 53.4 Å². The van der Waals surface area contributed by atoms with Gasteiger partial charge < -0.3 is 19.7 Å². The van der Waals surface area contributed by atoms with E-state index in [0.29, 0.717) is 19.3 Å². The van der Waals surface area contributed by atoms with Crippen molar-refractivity contribution < 1.29 is 23.9 Å². The summed E-state index contributed by atoms with van der Waals surface area (Å²) in [4.78, 5) is 38.9. The third-order valence-corrected chi connectivity index (χ3v) is 4.25. The molecule has 1 fully saturated rings. The predicted octanol–water partition coefficient (Wildman–Crippen LogP) is 2.15. The molecule has 0 spiro atoms. The second kappa shape index (κ2) is 7.89. The summed E-state index contributed by atoms with van der Waals surface area (Å²) in [5.74, 6) is -0.630. The molecular weight excluding hydrogens is 324 g/mol. The van der Waals surface area contributed by atoms with Gasteiger partial charge in [-0.2, -0.15) is 0 Å². The van der Waals surface area contributed by atoms with Gasteiger partial charge in [0.15, 0.2) is 0 Å². The van der Waals surface area contributed by atoms with Crippen molar-refractivity contribution >= 4 is 18.0 Å². The number of hydrogen-bond donors (Lipinski definition) is 1. The number of carbonyl (C=O) groups is 3. The molecule has 2 aliphatic rings. The molecule has 7 nitrogen and oxygen atoms in total. The normalized spacial score (nSPS) is 27.8. The molecule has 2 rings (SSSR count). The molecule has 140 valence electrons. The van der Waals surface area contributed by atoms with E-state index in [2.05, 4.69) is 5.32 Å². The van der Waals surface area contributed by atoms with E-state index in [0.717, 1.165) is 6.42 Å². The Kier molecular flexibility index (Phi) is 6.08. The van der Waals surface area contributed by atoms with Gasteiger partial charge >= 0.3 is 12.1 Å². The van der Waals surface area contributed by atoms with Crippen molar-refractivity contribution in [1.29, 1.82) is 0 Å². The number of alkyl carbamates (subject to hydrolysis) is 1. The maximum absolute atomic E-state index is 13.0. The van der Waals surface area contributed by atoms with E-state index in [9.17, 15) is 14.4 Å². The summed E-state index contributed by atoms with van der Waals surface area (Å²) in [6.07, 6.45) is 5.68. The lowest BCUT2D eigenvalue weighted by atomic mass is 10.0. The minimum atomic E-state index is -0.746. The highest BCUT2D eigenvalue weighted by molar-refractivity contribution is 5.90. The SMILES string of the molecule is CCOC(=O)[C@@H]1CC[C@@H]2C/C=C\C[C@H](NC(=O)OC(C)(C)C)C(=O)N21. The van der Waals surface area contributed by atoms with Gasteiger partial charge in [-0.25, -0.2) is 9.59 Å². The minimum Gasteiger partial charge on any atom is -0.464 e. The van der Waals surface area contributed by atoms with Crippen molar-refractivity contribution in [1.82, 2.24) is 10.2 Å². The molecule has 0 radical (unpaired) electrons. The number of rotatable bonds is 3. The molecule has 25 heavy (non-hydrogen) atoms. The summed E-state index contributed by atoms with van der Waals surface area (Å²) in [5.41, 5.74) is -0.645. The van der Waals surface area contributed by atoms with Crippen molar-refractivity contribution in [2.75, 3.05) is 6.61 Å². The van der Waals surface area contributed by atoms with Gasteiger partial charge in [0.1, 0.15) is 17.7 Å². The summed E-state index contributed by atoms with van der Waals surface area (Å²) in [7, 11) is 0. The fourth-order valence-electron chi connectivity index (χ4n) is 3.25. The minimum absolute atomic E-state index is 0.0404. The van der Waals surface area contributed by atoms with Crippen molar-refractivity contribution in [3.05, 3.63) is 12.2 Å². The highest BCUT2D eigenvalue weighted by Gasteiger charge is 2.44. The van der Waals surface area contributed by atoms with Crippen LogP contribution in [0.4, 0.5) is 4.79 Å². The van der Waals surface area contributed by atoms with Gasteiger partial charge in [0.2, 0.25) is 5.91 Å². The summed E-state index contributed by atoms with van der Waals surface area (Å²) < 4.78 is 10.4. The maximum atomic E-state index is 13.0. The Labute approximate surface area is 148 Å². The van der Waals surface area contributed by atoms with Gasteiger partial charge in [-0.05, 0) is 53.4 Å². The smallest absolute Gasteiger partial charge is 0.408 e. The van der Waals surface area contributed by atoms with E-state index in [4.69, 9.17) is 9.47 Å². The maximum Gasteiger partial charge on any atom is 0.408 e. The molecule has 0 unspecified atom stereocenters. The molecule has 0 aromatic carbocycles. The van der Waals surface area contributed by atoms with E-state index < -0.39 is 23.8 Å². The first-order chi connectivity index (χ1) is 11.7. The Morgan fingerprint density at radius 1 is 1.24 bits per heavy atom. The Balaban J connectivity index is 2.15. The van der Waals surface area contributed by atoms with Gasteiger partial charge in [-0.3, -0.25) is 4.79 Å². The van der Waals surface area contributed by atoms with E-state index >= 15 is 0 Å². The van der Waals surface area contributed by atoms with Gasteiger partial charge in [-0.15, -0.1) is 0 Å². The van der Waals surface area contributed by atoms with Crippen molar-refractivity contribution in [2.45, 2.75) is 77.1 Å². The van der Waals surface area contributed by atoms with Crippen molar-refractivity contribution in [3.63, 3.8) is 0 Å². The Morgan fingerprint density at radius 3 is 2.56 bits per heavy atom. The number of ether oxygens (including phenoxy) is 2. The number of nitrogens with zero attached hydrogens (tertiary/aromatic N) is 1. The average molecular weight is 352 g/mol. The Morgan fingerprint density at radius 2 is 1.92 bits per heavy atom. The zero-order valence-corrected chi connectivity index (χ0v) is 15.4. The van der Waals surface area contributed by atoms with E-state index in [1.54, 1.807) is 32.6 Å². The van der Waals surface area contributed by atoms with Crippen LogP contribution >= 0.6 is 0 Å². The molecule has 0 aromatic rings. The number of fused-ring (bicyclic) bond motifs is 1. The standard InChI is InChI=1S/C18H28N2O5/c1-5-24-16(22)14-11-10-12-8-6-7-9-13(15(21)20(12)14)19-17(23)25-18(2,3)4/h6-7,12-14H,5,8-11H2,1-4H3,(H,19,23)/b7-6-/t12-,13-,14-/m0/s1. The van der Waals surface area contributed by atoms with Gasteiger partial charge in [0.05, 0.1) is 6.61 Å². The lowest BCUT2D eigenvalue weighted by molar-refractivity contribution is -0.154. The van der Waals surface area contributed by atoms with Crippen molar-refractivity contribution in [3.8, 4) is 0 Å². The molecular formula is C18H28N2O5. The Bertz CT molecular complexity index is 552. The molecule has 3 atom stereocenters. The topological polar surface area (TPSA) is 84.9 Å². The van der Waals surface area contributed by atoms with Crippen LogP contribution in [0.25, 0.3) is 0 Å². The lowest BCUT2D eigenvalue weighted by Gasteiger charge is -2.33. The lowest BCUT2D eigenvalue weighted by Crippen LogP contribution is -2.55. The third kappa shape index (κ3) is 4.96. The van der Waals surface area contributed by atoms with E-state index in [-0.39, 0.29) is 24.5 Å². The number of esters is 1. The predicted molar refractivity (Wildman–Crippen MR) is 91.8 cm³/mol. The van der Waals surface area contributed by atoms with Crippen LogP contribution in [-0.4, -0.2) is 53.2 Å². The molecule has 1 saturated heterocycles. The number of carbonyl (C=O) groups excluding carboxylic acids is 3. The molecule has 2 heterocycles. The second-order valence-corrected chi connectivity index (χ2v) is 7.39. The highest BCUT2D eigenvalue weighted by atomic mass is 16.6. The first kappa shape index (κ1) is 19.3. The zero-order chi connectivity index (χ0) is 18.6. The zero-order valence-electron chi connectivity index (χ0n) is 15.4. The average Bonchev–Trinajstić information content (AvgIpc) is 2.90. The summed E-state index contributed by atoms with van der Waals surface area (Å²) >= 11 is 0. The Hall–Kier alpha value is -2.05. The van der Waals surface area contributed by atoms with Crippen LogP contribution in [0, 0.1) is 0 Å². The number of hydrogen-bond acceptors (Lipinski definition) is 5. The van der Waals surface area contributed by atoms with Crippen LogP contribution < -0.4 is 5.32 Å². The fourth-order valence-corrected chi connectivity index (χ4v) is 3.25. The summed E-state index contributed by atoms with van der Waals surface area (Å²) in [6, 6.07) is -1.36. The van der Waals surface area contributed by atoms with E-state index in [1.807, 2.05) is 12.2 Å². The van der Waals surface area contributed by atoms with Crippen LogP contribution in [0.2, 0.25) is 0 Å². The van der Waals surface area contributed by atoms with Crippen LogP contribution in [0.15, 0.2) is 12.2 Å². The van der Waals surface area contributed by atoms with Gasteiger partial charge in [0, 0.05) is 6.04 Å². The summed E-state index contributed by atoms with van der Waals surface area (Å²) in [6.45, 7) is 7.32. The molecule has 0 aliphatic carbocycles. The summed E-state index contributed by atoms with van der Waals surface area (Å²) in [5, 5.41) is 2.64. The van der Waals surface area contributed by atoms with Crippen molar-refractivity contribution in [2.24, 2.45) is 0 Å². The van der Waals surface area contributed by atoms with Crippen LogP contribution in [-0.2, 0) is 19.1 Å². The molecule has 2 aliphatic heterocycles. The molecule has 0 aromatic heterocycles. The molecule has 2 amide bonds. The van der Waals surface area contributed by atoms with Crippen LogP contribution in [0.5, 0.6) is 0 Å². The van der Waals surface area contributed by atoms with Gasteiger partial charge in [0.25, 0.3) is 0 Å². The second-order valence-electron chi connectivity index (χ2n) is 7.39. The van der Waals surface area contributed by atoms with Gasteiger partial charge in [-0.1, -0.05) is 12.2 Å². The quantitative estimate of drug-likeness (QED) is 0.621. The first-order valence-corrected chi connectivity index (χ1v) is 8.86. The van der Waals surface area contributed by atoms with E-state index in [1.165, 1.54) is 0 Å². The monoisotopic (exact) mass is 352 g/mol. The fraction of sp³-hybridized carbons (Fsp3) is 0.722. The number of amides is 2. The molecule has 0 bridgehead atoms. The van der Waals surface area contributed by atoms with Crippen LogP contribution in [0.3, 0.4) is 0 Å². The largest absolute Gasteiger partial charge is 0.464 e. The number of nitrogens with one attached hydrogen (secondary N) is 1. The molecule has 0 saturated carbocycles. The molecule has 7 heteroatoms. The third-order valence-electron chi connectivity index (χ3n) is 4.25. The first-order valence-electron chi connectivity index (χ1n) is 8.86.